The van der Waals surface area contributed by atoms with Crippen molar-refractivity contribution in [3.8, 4) is 0 Å². The van der Waals surface area contributed by atoms with Crippen LogP contribution < -0.4 is 11.2 Å². The van der Waals surface area contributed by atoms with Crippen LogP contribution in [0, 0.1) is 5.41 Å². The third kappa shape index (κ3) is 2.18. The van der Waals surface area contributed by atoms with Gasteiger partial charge >= 0.3 is 5.69 Å². The fourth-order valence-electron chi connectivity index (χ4n) is 2.26. The summed E-state index contributed by atoms with van der Waals surface area (Å²) in [7, 11) is 0. The summed E-state index contributed by atoms with van der Waals surface area (Å²) in [5.41, 5.74) is -1.19. The van der Waals surface area contributed by atoms with E-state index in [-0.39, 0.29) is 18.1 Å². The van der Waals surface area contributed by atoms with Gasteiger partial charge in [0.25, 0.3) is 5.56 Å². The van der Waals surface area contributed by atoms with Gasteiger partial charge in [0.05, 0.1) is 12.7 Å². The molecule has 1 fully saturated rings. The maximum atomic E-state index is 11.7. The Morgan fingerprint density at radius 1 is 1.59 bits per heavy atom. The number of hydrogen-bond donors (Lipinski definition) is 2. The summed E-state index contributed by atoms with van der Waals surface area (Å²) in [6.45, 7) is 3.85. The second-order valence-electron chi connectivity index (χ2n) is 5.00. The Morgan fingerprint density at radius 3 is 2.82 bits per heavy atom. The summed E-state index contributed by atoms with van der Waals surface area (Å²) in [4.78, 5) is 24.9. The number of aliphatic hydroxyl groups is 1. The van der Waals surface area contributed by atoms with Gasteiger partial charge in [-0.15, -0.1) is 0 Å². The number of rotatable bonds is 2. The van der Waals surface area contributed by atoms with E-state index >= 15 is 0 Å². The minimum Gasteiger partial charge on any atom is -0.394 e. The van der Waals surface area contributed by atoms with Crippen LogP contribution in [0.4, 0.5) is 0 Å². The fourth-order valence-corrected chi connectivity index (χ4v) is 2.26. The lowest BCUT2D eigenvalue weighted by Crippen LogP contribution is -2.35. The van der Waals surface area contributed by atoms with Crippen LogP contribution in [0.3, 0.4) is 0 Å². The van der Waals surface area contributed by atoms with Gasteiger partial charge in [-0.05, 0) is 6.42 Å². The monoisotopic (exact) mass is 240 g/mol. The summed E-state index contributed by atoms with van der Waals surface area (Å²) >= 11 is 0. The standard InChI is InChI=1S/C11H16N2O4/c1-11(2)5-7(6-14)17-9(11)13-4-3-8(15)12-10(13)16/h3-4,7,9,14H,5-6H2,1-2H3,(H,12,15,16)/t7-,9+/m0/s1. The van der Waals surface area contributed by atoms with Crippen LogP contribution >= 0.6 is 0 Å². The average Bonchev–Trinajstić information content (AvgIpc) is 2.54. The topological polar surface area (TPSA) is 84.3 Å². The minimum atomic E-state index is -0.492. The first-order valence-electron chi connectivity index (χ1n) is 5.52. The van der Waals surface area contributed by atoms with Crippen LogP contribution in [0.15, 0.2) is 21.9 Å². The molecule has 1 saturated heterocycles. The first kappa shape index (κ1) is 12.1. The van der Waals surface area contributed by atoms with E-state index in [4.69, 9.17) is 9.84 Å². The van der Waals surface area contributed by atoms with Gasteiger partial charge in [0, 0.05) is 17.7 Å². The van der Waals surface area contributed by atoms with E-state index in [1.54, 1.807) is 0 Å². The van der Waals surface area contributed by atoms with Crippen molar-refractivity contribution in [3.63, 3.8) is 0 Å². The average molecular weight is 240 g/mol. The molecule has 0 unspecified atom stereocenters. The summed E-state index contributed by atoms with van der Waals surface area (Å²) in [5.74, 6) is 0. The maximum Gasteiger partial charge on any atom is 0.330 e. The Morgan fingerprint density at radius 2 is 2.29 bits per heavy atom. The van der Waals surface area contributed by atoms with Gasteiger partial charge in [0.2, 0.25) is 0 Å². The summed E-state index contributed by atoms with van der Waals surface area (Å²) < 4.78 is 6.98. The maximum absolute atomic E-state index is 11.7. The lowest BCUT2D eigenvalue weighted by Gasteiger charge is -2.26. The van der Waals surface area contributed by atoms with Crippen molar-refractivity contribution in [2.24, 2.45) is 5.41 Å². The zero-order valence-electron chi connectivity index (χ0n) is 9.84. The number of nitrogens with one attached hydrogen (secondary N) is 1. The lowest BCUT2D eigenvalue weighted by molar-refractivity contribution is -0.0493. The highest BCUT2D eigenvalue weighted by molar-refractivity contribution is 4.92. The molecule has 2 N–H and O–H groups in total. The summed E-state index contributed by atoms with van der Waals surface area (Å²) in [5, 5.41) is 9.11. The third-order valence-corrected chi connectivity index (χ3v) is 3.05. The van der Waals surface area contributed by atoms with Crippen LogP contribution in [0.5, 0.6) is 0 Å². The second-order valence-corrected chi connectivity index (χ2v) is 5.00. The molecule has 1 aliphatic heterocycles. The number of aromatic nitrogens is 2. The molecule has 0 radical (unpaired) electrons. The first-order chi connectivity index (χ1) is 7.94. The fraction of sp³-hybridized carbons (Fsp3) is 0.636. The van der Waals surface area contributed by atoms with Crippen molar-refractivity contribution in [1.29, 1.82) is 0 Å². The molecule has 0 amide bonds. The zero-order valence-corrected chi connectivity index (χ0v) is 9.84. The highest BCUT2D eigenvalue weighted by atomic mass is 16.5. The molecule has 94 valence electrons. The molecule has 1 aliphatic rings. The van der Waals surface area contributed by atoms with E-state index in [9.17, 15) is 9.59 Å². The molecule has 6 heteroatoms. The van der Waals surface area contributed by atoms with Gasteiger partial charge in [0.1, 0.15) is 6.23 Å². The van der Waals surface area contributed by atoms with Crippen LogP contribution in [-0.2, 0) is 4.74 Å². The number of ether oxygens (including phenoxy) is 1. The van der Waals surface area contributed by atoms with Crippen molar-refractivity contribution < 1.29 is 9.84 Å². The highest BCUT2D eigenvalue weighted by Gasteiger charge is 2.42. The number of H-pyrrole nitrogens is 1. The molecule has 2 heterocycles. The van der Waals surface area contributed by atoms with Crippen LogP contribution in [-0.4, -0.2) is 27.4 Å². The van der Waals surface area contributed by atoms with Crippen LogP contribution in [0.2, 0.25) is 0 Å². The molecule has 1 aromatic rings. The quantitative estimate of drug-likeness (QED) is 0.752. The molecule has 0 aromatic carbocycles. The first-order valence-corrected chi connectivity index (χ1v) is 5.52. The lowest BCUT2D eigenvalue weighted by atomic mass is 9.87. The summed E-state index contributed by atoms with van der Waals surface area (Å²) in [6, 6.07) is 1.28. The van der Waals surface area contributed by atoms with Crippen molar-refractivity contribution in [2.75, 3.05) is 6.61 Å². The molecule has 0 bridgehead atoms. The molecule has 1 aromatic heterocycles. The smallest absolute Gasteiger partial charge is 0.330 e. The molecule has 6 nitrogen and oxygen atoms in total. The minimum absolute atomic E-state index is 0.0714. The van der Waals surface area contributed by atoms with Crippen molar-refractivity contribution in [3.05, 3.63) is 33.1 Å². The van der Waals surface area contributed by atoms with E-state index in [0.717, 1.165) is 0 Å². The predicted molar refractivity (Wildman–Crippen MR) is 60.7 cm³/mol. The Balaban J connectivity index is 2.40. The van der Waals surface area contributed by atoms with E-state index in [1.165, 1.54) is 16.8 Å². The molecule has 17 heavy (non-hydrogen) atoms. The van der Waals surface area contributed by atoms with E-state index < -0.39 is 17.5 Å². The number of aliphatic hydroxyl groups excluding tert-OH is 1. The van der Waals surface area contributed by atoms with Gasteiger partial charge in [-0.25, -0.2) is 4.79 Å². The van der Waals surface area contributed by atoms with Gasteiger partial charge in [-0.3, -0.25) is 14.3 Å². The largest absolute Gasteiger partial charge is 0.394 e. The highest BCUT2D eigenvalue weighted by Crippen LogP contribution is 2.43. The van der Waals surface area contributed by atoms with E-state index in [2.05, 4.69) is 4.98 Å². The molecule has 0 spiro atoms. The molecule has 2 rings (SSSR count). The normalized spacial score (nSPS) is 27.2. The predicted octanol–water partition coefficient (Wildman–Crippen LogP) is -0.157. The van der Waals surface area contributed by atoms with Crippen molar-refractivity contribution in [1.82, 2.24) is 9.55 Å². The van der Waals surface area contributed by atoms with Crippen molar-refractivity contribution in [2.45, 2.75) is 32.6 Å². The van der Waals surface area contributed by atoms with Gasteiger partial charge in [0.15, 0.2) is 0 Å². The molecule has 2 atom stereocenters. The Hall–Kier alpha value is -1.40. The number of aromatic amines is 1. The van der Waals surface area contributed by atoms with Gasteiger partial charge in [-0.2, -0.15) is 0 Å². The summed E-state index contributed by atoms with van der Waals surface area (Å²) in [6.07, 6.45) is 1.35. The van der Waals surface area contributed by atoms with Crippen LogP contribution in [0.1, 0.15) is 26.5 Å². The molecule has 0 saturated carbocycles. The SMILES string of the molecule is CC1(C)C[C@@H](CO)O[C@H]1n1ccc(=O)[nH]c1=O. The van der Waals surface area contributed by atoms with Crippen LogP contribution in [0.25, 0.3) is 0 Å². The van der Waals surface area contributed by atoms with E-state index in [0.29, 0.717) is 6.42 Å². The third-order valence-electron chi connectivity index (χ3n) is 3.05. The number of nitrogens with zero attached hydrogens (tertiary/aromatic N) is 1. The van der Waals surface area contributed by atoms with Crippen molar-refractivity contribution >= 4 is 0 Å². The molecular formula is C11H16N2O4. The number of hydrogen-bond acceptors (Lipinski definition) is 4. The van der Waals surface area contributed by atoms with Gasteiger partial charge < -0.3 is 9.84 Å². The second kappa shape index (κ2) is 4.12. The Labute approximate surface area is 97.9 Å². The Bertz CT molecular complexity index is 517. The Kier molecular flexibility index (Phi) is 2.92. The van der Waals surface area contributed by atoms with Gasteiger partial charge in [-0.1, -0.05) is 13.8 Å². The molecular weight excluding hydrogens is 224 g/mol. The zero-order chi connectivity index (χ0) is 12.6. The molecule has 0 aliphatic carbocycles. The van der Waals surface area contributed by atoms with E-state index in [1.807, 2.05) is 13.8 Å².